The molecule has 0 fully saturated rings. The lowest BCUT2D eigenvalue weighted by atomic mass is 9.98. The summed E-state index contributed by atoms with van der Waals surface area (Å²) in [7, 11) is 0. The van der Waals surface area contributed by atoms with Crippen LogP contribution in [0.15, 0.2) is 48.5 Å². The lowest BCUT2D eigenvalue weighted by molar-refractivity contribution is -0.142. The lowest BCUT2D eigenvalue weighted by Gasteiger charge is -2.20. The molecule has 176 valence electrons. The summed E-state index contributed by atoms with van der Waals surface area (Å²) < 4.78 is 5.55. The van der Waals surface area contributed by atoms with E-state index in [-0.39, 0.29) is 18.9 Å². The predicted molar refractivity (Wildman–Crippen MR) is 126 cm³/mol. The van der Waals surface area contributed by atoms with E-state index in [1.54, 1.807) is 0 Å². The molecule has 1 aliphatic rings. The van der Waals surface area contributed by atoms with Crippen LogP contribution in [0.25, 0.3) is 11.1 Å². The molecule has 2 aromatic rings. The number of carboxylic acids is 1. The zero-order chi connectivity index (χ0) is 23.8. The van der Waals surface area contributed by atoms with Gasteiger partial charge in [-0.2, -0.15) is 0 Å². The van der Waals surface area contributed by atoms with Crippen molar-refractivity contribution >= 4 is 18.0 Å². The summed E-state index contributed by atoms with van der Waals surface area (Å²) in [6.07, 6.45) is 1.87. The molecule has 2 atom stereocenters. The number of carbonyl (C=O) groups excluding carboxylic acids is 2. The second-order valence-corrected chi connectivity index (χ2v) is 8.38. The highest BCUT2D eigenvalue weighted by molar-refractivity contribution is 5.84. The molecule has 0 aliphatic heterocycles. The highest BCUT2D eigenvalue weighted by Gasteiger charge is 2.29. The van der Waals surface area contributed by atoms with Crippen molar-refractivity contribution in [1.29, 1.82) is 0 Å². The standard InChI is InChI=1S/C26H32N2O5/c1-3-5-14-23(25(30)31)28-24(29)15-17(4-2)27-26(32)33-16-22-20-12-8-6-10-18(20)19-11-7-9-13-21(19)22/h6-13,17,22-23H,3-5,14-16H2,1-2H3,(H,27,32)(H,28,29)(H,30,31)/t17-,23-/m0/s1. The van der Waals surface area contributed by atoms with Crippen LogP contribution >= 0.6 is 0 Å². The molecular formula is C26H32N2O5. The number of ether oxygens (including phenoxy) is 1. The molecule has 3 N–H and O–H groups in total. The fraction of sp³-hybridized carbons (Fsp3) is 0.423. The van der Waals surface area contributed by atoms with E-state index in [0.29, 0.717) is 19.3 Å². The van der Waals surface area contributed by atoms with Gasteiger partial charge in [0.1, 0.15) is 12.6 Å². The van der Waals surface area contributed by atoms with Crippen LogP contribution in [0.4, 0.5) is 4.79 Å². The van der Waals surface area contributed by atoms with E-state index in [1.807, 2.05) is 38.1 Å². The van der Waals surface area contributed by atoms with Gasteiger partial charge in [-0.15, -0.1) is 0 Å². The average molecular weight is 453 g/mol. The van der Waals surface area contributed by atoms with Gasteiger partial charge in [-0.25, -0.2) is 9.59 Å². The Morgan fingerprint density at radius 2 is 1.58 bits per heavy atom. The molecule has 0 bridgehead atoms. The number of unbranched alkanes of at least 4 members (excludes halogenated alkanes) is 1. The molecule has 2 amide bonds. The van der Waals surface area contributed by atoms with Gasteiger partial charge >= 0.3 is 12.1 Å². The van der Waals surface area contributed by atoms with E-state index in [0.717, 1.165) is 28.7 Å². The normalized spacial score (nSPS) is 14.0. The van der Waals surface area contributed by atoms with Crippen molar-refractivity contribution < 1.29 is 24.2 Å². The Balaban J connectivity index is 1.54. The van der Waals surface area contributed by atoms with Crippen molar-refractivity contribution in [3.63, 3.8) is 0 Å². The summed E-state index contributed by atoms with van der Waals surface area (Å²) in [5.74, 6) is -1.49. The molecule has 7 nitrogen and oxygen atoms in total. The number of carboxylic acid groups (broad SMARTS) is 1. The minimum absolute atomic E-state index is 0.00337. The van der Waals surface area contributed by atoms with Crippen LogP contribution in [0.5, 0.6) is 0 Å². The Kier molecular flexibility index (Phi) is 8.46. The highest BCUT2D eigenvalue weighted by atomic mass is 16.5. The third-order valence-corrected chi connectivity index (χ3v) is 6.07. The first kappa shape index (κ1) is 24.3. The zero-order valence-electron chi connectivity index (χ0n) is 19.2. The zero-order valence-corrected chi connectivity index (χ0v) is 19.2. The molecule has 2 aromatic carbocycles. The molecule has 1 aliphatic carbocycles. The molecule has 33 heavy (non-hydrogen) atoms. The molecule has 7 heteroatoms. The molecular weight excluding hydrogens is 420 g/mol. The monoisotopic (exact) mass is 452 g/mol. The minimum Gasteiger partial charge on any atom is -0.480 e. The number of benzene rings is 2. The van der Waals surface area contributed by atoms with Gasteiger partial charge in [-0.3, -0.25) is 4.79 Å². The van der Waals surface area contributed by atoms with E-state index in [1.165, 1.54) is 0 Å². The van der Waals surface area contributed by atoms with Gasteiger partial charge < -0.3 is 20.5 Å². The van der Waals surface area contributed by atoms with Crippen LogP contribution < -0.4 is 10.6 Å². The summed E-state index contributed by atoms with van der Waals surface area (Å²) in [5, 5.41) is 14.6. The molecule has 0 unspecified atom stereocenters. The molecule has 3 rings (SSSR count). The van der Waals surface area contributed by atoms with Crippen LogP contribution in [0.2, 0.25) is 0 Å². The van der Waals surface area contributed by atoms with Crippen LogP contribution in [0.3, 0.4) is 0 Å². The van der Waals surface area contributed by atoms with Crippen LogP contribution in [-0.2, 0) is 14.3 Å². The fourth-order valence-electron chi connectivity index (χ4n) is 4.25. The maximum absolute atomic E-state index is 12.5. The Hall–Kier alpha value is -3.35. The number of carbonyl (C=O) groups is 3. The summed E-state index contributed by atoms with van der Waals surface area (Å²) in [6, 6.07) is 14.9. The third-order valence-electron chi connectivity index (χ3n) is 6.07. The van der Waals surface area contributed by atoms with Crippen LogP contribution in [-0.4, -0.2) is 41.8 Å². The Morgan fingerprint density at radius 3 is 2.12 bits per heavy atom. The number of fused-ring (bicyclic) bond motifs is 3. The predicted octanol–water partition coefficient (Wildman–Crippen LogP) is 4.45. The Bertz CT molecular complexity index is 945. The minimum atomic E-state index is -1.05. The van der Waals surface area contributed by atoms with Crippen molar-refractivity contribution in [3.05, 3.63) is 59.7 Å². The Morgan fingerprint density at radius 1 is 0.970 bits per heavy atom. The summed E-state index contributed by atoms with van der Waals surface area (Å²) in [5.41, 5.74) is 4.57. The van der Waals surface area contributed by atoms with Crippen molar-refractivity contribution in [2.45, 2.75) is 64.0 Å². The Labute approximate surface area is 194 Å². The first-order valence-corrected chi connectivity index (χ1v) is 11.6. The van der Waals surface area contributed by atoms with Gasteiger partial charge in [0.15, 0.2) is 0 Å². The third kappa shape index (κ3) is 6.12. The van der Waals surface area contributed by atoms with Crippen molar-refractivity contribution in [2.75, 3.05) is 6.61 Å². The fourth-order valence-corrected chi connectivity index (χ4v) is 4.25. The lowest BCUT2D eigenvalue weighted by Crippen LogP contribution is -2.44. The van der Waals surface area contributed by atoms with E-state index < -0.39 is 30.1 Å². The summed E-state index contributed by atoms with van der Waals surface area (Å²) in [4.78, 5) is 36.2. The number of aliphatic carboxylic acids is 1. The SMILES string of the molecule is CCCC[C@H](NC(=O)C[C@H](CC)NC(=O)OCC1c2ccccc2-c2ccccc21)C(=O)O. The maximum atomic E-state index is 12.5. The van der Waals surface area contributed by atoms with Crippen molar-refractivity contribution in [3.8, 4) is 11.1 Å². The maximum Gasteiger partial charge on any atom is 0.407 e. The van der Waals surface area contributed by atoms with Crippen molar-refractivity contribution in [2.24, 2.45) is 0 Å². The van der Waals surface area contributed by atoms with E-state index in [4.69, 9.17) is 4.74 Å². The second kappa shape index (κ2) is 11.5. The first-order chi connectivity index (χ1) is 15.9. The summed E-state index contributed by atoms with van der Waals surface area (Å²) >= 11 is 0. The average Bonchev–Trinajstić information content (AvgIpc) is 3.13. The van der Waals surface area contributed by atoms with Gasteiger partial charge in [0.05, 0.1) is 0 Å². The van der Waals surface area contributed by atoms with Crippen molar-refractivity contribution in [1.82, 2.24) is 10.6 Å². The number of alkyl carbamates (subject to hydrolysis) is 1. The largest absolute Gasteiger partial charge is 0.480 e. The van der Waals surface area contributed by atoms with E-state index >= 15 is 0 Å². The topological polar surface area (TPSA) is 105 Å². The van der Waals surface area contributed by atoms with Gasteiger partial charge in [0.25, 0.3) is 0 Å². The van der Waals surface area contributed by atoms with E-state index in [2.05, 4.69) is 34.9 Å². The molecule has 0 aromatic heterocycles. The molecule has 0 saturated heterocycles. The molecule has 0 radical (unpaired) electrons. The van der Waals surface area contributed by atoms with Crippen LogP contribution in [0, 0.1) is 0 Å². The van der Waals surface area contributed by atoms with E-state index in [9.17, 15) is 19.5 Å². The quantitative estimate of drug-likeness (QED) is 0.467. The highest BCUT2D eigenvalue weighted by Crippen LogP contribution is 2.44. The number of amides is 2. The van der Waals surface area contributed by atoms with Gasteiger partial charge in [0, 0.05) is 18.4 Å². The first-order valence-electron chi connectivity index (χ1n) is 11.6. The molecule has 0 spiro atoms. The van der Waals surface area contributed by atoms with Crippen LogP contribution in [0.1, 0.15) is 63.0 Å². The second-order valence-electron chi connectivity index (χ2n) is 8.38. The van der Waals surface area contributed by atoms with Gasteiger partial charge in [-0.05, 0) is 35.1 Å². The number of hydrogen-bond donors (Lipinski definition) is 3. The number of rotatable bonds is 11. The molecule has 0 saturated carbocycles. The summed E-state index contributed by atoms with van der Waals surface area (Å²) in [6.45, 7) is 4.01. The number of hydrogen-bond acceptors (Lipinski definition) is 4. The van der Waals surface area contributed by atoms with Gasteiger partial charge in [0.2, 0.25) is 5.91 Å². The molecule has 0 heterocycles. The number of nitrogens with one attached hydrogen (secondary N) is 2. The van der Waals surface area contributed by atoms with Gasteiger partial charge in [-0.1, -0.05) is 75.2 Å². The smallest absolute Gasteiger partial charge is 0.407 e.